The Morgan fingerprint density at radius 1 is 0.286 bits per heavy atom. The van der Waals surface area contributed by atoms with E-state index in [0.29, 0.717) is 17.5 Å². The molecule has 0 fully saturated rings. The fourth-order valence-corrected chi connectivity index (χ4v) is 8.26. The highest BCUT2D eigenvalue weighted by molar-refractivity contribution is 6.17. The minimum absolute atomic E-state index is 0.630. The van der Waals surface area contributed by atoms with Crippen LogP contribution in [0.4, 0.5) is 0 Å². The molecule has 0 aliphatic heterocycles. The predicted molar refractivity (Wildman–Crippen MR) is 230 cm³/mol. The molecule has 5 nitrogen and oxygen atoms in total. The van der Waals surface area contributed by atoms with Gasteiger partial charge in [-0.1, -0.05) is 146 Å². The molecule has 0 N–H and O–H groups in total. The molecule has 0 amide bonds. The van der Waals surface area contributed by atoms with Gasteiger partial charge in [0.05, 0.1) is 22.1 Å². The fraction of sp³-hybridized carbons (Fsp3) is 0. The van der Waals surface area contributed by atoms with Crippen LogP contribution in [-0.4, -0.2) is 24.1 Å². The first-order chi connectivity index (χ1) is 27.8. The lowest BCUT2D eigenvalue weighted by Gasteiger charge is -2.12. The maximum atomic E-state index is 5.03. The molecule has 56 heavy (non-hydrogen) atoms. The second-order valence-electron chi connectivity index (χ2n) is 14.1. The van der Waals surface area contributed by atoms with Crippen molar-refractivity contribution in [2.24, 2.45) is 0 Å². The molecule has 11 aromatic rings. The zero-order valence-corrected chi connectivity index (χ0v) is 30.3. The average Bonchev–Trinajstić information content (AvgIpc) is 3.80. The van der Waals surface area contributed by atoms with Crippen molar-refractivity contribution in [3.05, 3.63) is 200 Å². The minimum atomic E-state index is 0.630. The first-order valence-electron chi connectivity index (χ1n) is 18.9. The summed E-state index contributed by atoms with van der Waals surface area (Å²) in [6, 6.07) is 70.4. The average molecular weight is 716 g/mol. The predicted octanol–water partition coefficient (Wildman–Crippen LogP) is 12.7. The van der Waals surface area contributed by atoms with Gasteiger partial charge in [-0.15, -0.1) is 0 Å². The van der Waals surface area contributed by atoms with Gasteiger partial charge in [-0.2, -0.15) is 0 Å². The Bertz CT molecular complexity index is 3180. The van der Waals surface area contributed by atoms with E-state index in [4.69, 9.17) is 15.0 Å². The number of nitrogens with zero attached hydrogens (tertiary/aromatic N) is 5. The summed E-state index contributed by atoms with van der Waals surface area (Å²) in [6.07, 6.45) is 0. The number of rotatable bonds is 6. The van der Waals surface area contributed by atoms with E-state index in [1.807, 2.05) is 60.7 Å². The highest BCUT2D eigenvalue weighted by atomic mass is 15.0. The van der Waals surface area contributed by atoms with Crippen LogP contribution in [0, 0.1) is 0 Å². The largest absolute Gasteiger partial charge is 0.309 e. The van der Waals surface area contributed by atoms with Gasteiger partial charge in [-0.05, 0) is 65.7 Å². The summed E-state index contributed by atoms with van der Waals surface area (Å²) in [4.78, 5) is 15.0. The van der Waals surface area contributed by atoms with E-state index in [0.717, 1.165) is 39.1 Å². The Kier molecular flexibility index (Phi) is 7.42. The van der Waals surface area contributed by atoms with Gasteiger partial charge < -0.3 is 9.13 Å². The maximum absolute atomic E-state index is 5.03. The highest BCUT2D eigenvalue weighted by Crippen LogP contribution is 2.41. The van der Waals surface area contributed by atoms with Gasteiger partial charge in [-0.3, -0.25) is 0 Å². The molecule has 262 valence electrons. The maximum Gasteiger partial charge on any atom is 0.164 e. The second kappa shape index (κ2) is 13.0. The Hall–Kier alpha value is -7.63. The van der Waals surface area contributed by atoms with Crippen molar-refractivity contribution in [1.29, 1.82) is 0 Å². The summed E-state index contributed by atoms with van der Waals surface area (Å²) in [5, 5.41) is 4.90. The molecule has 0 aliphatic rings. The number of para-hydroxylation sites is 3. The first kappa shape index (κ1) is 31.9. The molecule has 8 aromatic carbocycles. The summed E-state index contributed by atoms with van der Waals surface area (Å²) in [5.74, 6) is 1.92. The van der Waals surface area contributed by atoms with Gasteiger partial charge in [0, 0.05) is 49.6 Å². The Labute approximate surface area is 323 Å². The Morgan fingerprint density at radius 3 is 1.46 bits per heavy atom. The van der Waals surface area contributed by atoms with Crippen LogP contribution in [0.2, 0.25) is 0 Å². The van der Waals surface area contributed by atoms with Gasteiger partial charge in [0.25, 0.3) is 0 Å². The van der Waals surface area contributed by atoms with Gasteiger partial charge in [-0.25, -0.2) is 15.0 Å². The van der Waals surface area contributed by atoms with Gasteiger partial charge in [0.1, 0.15) is 0 Å². The standard InChI is InChI=1S/C51H33N5/c1-4-16-34(17-5-1)49-52-50(35-18-6-2-7-19-35)54-51(53-49)37-20-14-23-39(32-37)56-44-27-12-10-24-41(44)43-33-36(30-31-46(43)56)40-26-15-29-47-48(40)42-25-11-13-28-45(42)55(47)38-21-8-3-9-22-38/h1-33H. The molecule has 0 spiro atoms. The van der Waals surface area contributed by atoms with Crippen LogP contribution >= 0.6 is 0 Å². The number of fused-ring (bicyclic) bond motifs is 6. The van der Waals surface area contributed by atoms with E-state index < -0.39 is 0 Å². The molecule has 0 atom stereocenters. The van der Waals surface area contributed by atoms with Crippen molar-refractivity contribution in [1.82, 2.24) is 24.1 Å². The summed E-state index contributed by atoms with van der Waals surface area (Å²) in [5.41, 5.74) is 12.1. The van der Waals surface area contributed by atoms with Gasteiger partial charge >= 0.3 is 0 Å². The molecule has 0 saturated carbocycles. The third-order valence-corrected chi connectivity index (χ3v) is 10.8. The van der Waals surface area contributed by atoms with E-state index in [2.05, 4.69) is 149 Å². The molecular formula is C51H33N5. The molecule has 0 bridgehead atoms. The zero-order chi connectivity index (χ0) is 37.0. The van der Waals surface area contributed by atoms with Crippen LogP contribution in [0.3, 0.4) is 0 Å². The molecule has 3 aromatic heterocycles. The lowest BCUT2D eigenvalue weighted by molar-refractivity contribution is 1.07. The fourth-order valence-electron chi connectivity index (χ4n) is 8.26. The van der Waals surface area contributed by atoms with Crippen LogP contribution in [0.5, 0.6) is 0 Å². The minimum Gasteiger partial charge on any atom is -0.309 e. The van der Waals surface area contributed by atoms with E-state index in [1.165, 1.54) is 43.7 Å². The lowest BCUT2D eigenvalue weighted by atomic mass is 9.98. The number of hydrogen-bond acceptors (Lipinski definition) is 3. The van der Waals surface area contributed by atoms with Gasteiger partial charge in [0.15, 0.2) is 17.5 Å². The third kappa shape index (κ3) is 5.21. The summed E-state index contributed by atoms with van der Waals surface area (Å²) >= 11 is 0. The Morgan fingerprint density at radius 2 is 0.768 bits per heavy atom. The lowest BCUT2D eigenvalue weighted by Crippen LogP contribution is -2.01. The van der Waals surface area contributed by atoms with Crippen LogP contribution in [0.1, 0.15) is 0 Å². The smallest absolute Gasteiger partial charge is 0.164 e. The van der Waals surface area contributed by atoms with Crippen molar-refractivity contribution < 1.29 is 0 Å². The molecular weight excluding hydrogens is 683 g/mol. The Balaban J connectivity index is 1.08. The first-order valence-corrected chi connectivity index (χ1v) is 18.9. The van der Waals surface area contributed by atoms with E-state index in [-0.39, 0.29) is 0 Å². The SMILES string of the molecule is c1ccc(-c2nc(-c3ccccc3)nc(-c3cccc(-n4c5ccccc5c5cc(-c6cccc7c6c6ccccc6n7-c6ccccc6)ccc54)c3)n2)cc1. The third-order valence-electron chi connectivity index (χ3n) is 10.8. The quantitative estimate of drug-likeness (QED) is 0.172. The van der Waals surface area contributed by atoms with Crippen LogP contribution in [0.25, 0.3) is 100 Å². The summed E-state index contributed by atoms with van der Waals surface area (Å²) in [7, 11) is 0. The molecule has 0 radical (unpaired) electrons. The molecule has 3 heterocycles. The number of benzene rings is 8. The van der Waals surface area contributed by atoms with E-state index >= 15 is 0 Å². The van der Waals surface area contributed by atoms with Crippen LogP contribution in [-0.2, 0) is 0 Å². The number of hydrogen-bond donors (Lipinski definition) is 0. The topological polar surface area (TPSA) is 48.5 Å². The number of aromatic nitrogens is 5. The normalized spacial score (nSPS) is 11.6. The zero-order valence-electron chi connectivity index (χ0n) is 30.3. The van der Waals surface area contributed by atoms with E-state index in [9.17, 15) is 0 Å². The molecule has 0 aliphatic carbocycles. The monoisotopic (exact) mass is 715 g/mol. The van der Waals surface area contributed by atoms with Gasteiger partial charge in [0.2, 0.25) is 0 Å². The molecule has 0 unspecified atom stereocenters. The second-order valence-corrected chi connectivity index (χ2v) is 14.1. The highest BCUT2D eigenvalue weighted by Gasteiger charge is 2.19. The molecule has 0 saturated heterocycles. The summed E-state index contributed by atoms with van der Waals surface area (Å²) < 4.78 is 4.74. The van der Waals surface area contributed by atoms with Crippen molar-refractivity contribution in [3.63, 3.8) is 0 Å². The van der Waals surface area contributed by atoms with Crippen molar-refractivity contribution in [2.45, 2.75) is 0 Å². The van der Waals surface area contributed by atoms with Crippen molar-refractivity contribution in [3.8, 4) is 56.7 Å². The van der Waals surface area contributed by atoms with Crippen molar-refractivity contribution in [2.75, 3.05) is 0 Å². The van der Waals surface area contributed by atoms with E-state index in [1.54, 1.807) is 0 Å². The van der Waals surface area contributed by atoms with Crippen LogP contribution in [0.15, 0.2) is 200 Å². The van der Waals surface area contributed by atoms with Crippen LogP contribution < -0.4 is 0 Å². The van der Waals surface area contributed by atoms with Crippen molar-refractivity contribution >= 4 is 43.6 Å². The summed E-state index contributed by atoms with van der Waals surface area (Å²) in [6.45, 7) is 0. The molecule has 11 rings (SSSR count). The molecule has 5 heteroatoms.